The van der Waals surface area contributed by atoms with Crippen molar-refractivity contribution in [2.24, 2.45) is 17.3 Å². The van der Waals surface area contributed by atoms with Crippen molar-refractivity contribution in [2.75, 3.05) is 31.1 Å². The summed E-state index contributed by atoms with van der Waals surface area (Å²) >= 11 is 0. The highest BCUT2D eigenvalue weighted by Gasteiger charge is 2.63. The highest BCUT2D eigenvalue weighted by Crippen LogP contribution is 2.64. The van der Waals surface area contributed by atoms with E-state index in [1.165, 1.54) is 6.42 Å². The van der Waals surface area contributed by atoms with Gasteiger partial charge in [-0.05, 0) is 81.1 Å². The first-order chi connectivity index (χ1) is 15.1. The smallest absolute Gasteiger partial charge is 0.228 e. The molecule has 8 heteroatoms. The Hall–Kier alpha value is -2.51. The van der Waals surface area contributed by atoms with Gasteiger partial charge >= 0.3 is 0 Å². The third kappa shape index (κ3) is 3.13. The lowest BCUT2D eigenvalue weighted by atomic mass is 9.46. The molecule has 5 fully saturated rings. The zero-order chi connectivity index (χ0) is 21.1. The van der Waals surface area contributed by atoms with Crippen molar-refractivity contribution in [3.63, 3.8) is 0 Å². The summed E-state index contributed by atoms with van der Waals surface area (Å²) in [5.74, 6) is 3.32. The Morgan fingerprint density at radius 3 is 2.61 bits per heavy atom. The van der Waals surface area contributed by atoms with Crippen molar-refractivity contribution in [1.29, 1.82) is 0 Å². The summed E-state index contributed by atoms with van der Waals surface area (Å²) in [6.07, 6.45) is 9.25. The van der Waals surface area contributed by atoms with Gasteiger partial charge in [0.25, 0.3) is 0 Å². The van der Waals surface area contributed by atoms with Crippen LogP contribution in [0, 0.1) is 24.2 Å². The second kappa shape index (κ2) is 7.00. The van der Waals surface area contributed by atoms with Crippen molar-refractivity contribution < 1.29 is 4.79 Å². The minimum absolute atomic E-state index is 0.118. The number of anilines is 1. The van der Waals surface area contributed by atoms with Crippen LogP contribution < -0.4 is 4.90 Å². The van der Waals surface area contributed by atoms with Gasteiger partial charge < -0.3 is 9.80 Å². The van der Waals surface area contributed by atoms with E-state index in [0.29, 0.717) is 17.7 Å². The maximum atomic E-state index is 14.1. The van der Waals surface area contributed by atoms with Crippen molar-refractivity contribution in [1.82, 2.24) is 30.1 Å². The monoisotopic (exact) mass is 421 g/mol. The van der Waals surface area contributed by atoms with Gasteiger partial charge in [-0.2, -0.15) is 4.80 Å². The Bertz CT molecular complexity index is 959. The number of rotatable bonds is 3. The molecule has 4 saturated carbocycles. The number of aromatic nitrogens is 5. The maximum Gasteiger partial charge on any atom is 0.228 e. The van der Waals surface area contributed by atoms with Crippen LogP contribution in [0.5, 0.6) is 0 Å². The highest BCUT2D eigenvalue weighted by molar-refractivity contribution is 5.83. The Labute approximate surface area is 183 Å². The summed E-state index contributed by atoms with van der Waals surface area (Å²) in [6, 6.07) is 6.05. The summed E-state index contributed by atoms with van der Waals surface area (Å²) in [5.41, 5.74) is -0.362. The average Bonchev–Trinajstić information content (AvgIpc) is 3.06. The molecule has 1 amide bonds. The first kappa shape index (κ1) is 19.2. The summed E-state index contributed by atoms with van der Waals surface area (Å²) in [4.78, 5) is 24.9. The molecule has 1 aliphatic heterocycles. The van der Waals surface area contributed by atoms with E-state index >= 15 is 0 Å². The van der Waals surface area contributed by atoms with Gasteiger partial charge in [0.2, 0.25) is 5.91 Å². The normalized spacial score (nSPS) is 34.7. The predicted molar refractivity (Wildman–Crippen MR) is 115 cm³/mol. The molecule has 2 aromatic rings. The molecule has 4 bridgehead atoms. The minimum Gasteiger partial charge on any atom is -0.355 e. The Balaban J connectivity index is 1.24. The lowest BCUT2D eigenvalue weighted by Crippen LogP contribution is -2.62. The van der Waals surface area contributed by atoms with Gasteiger partial charge in [0.15, 0.2) is 5.82 Å². The van der Waals surface area contributed by atoms with E-state index in [1.54, 1.807) is 0 Å². The zero-order valence-corrected chi connectivity index (χ0v) is 18.3. The van der Waals surface area contributed by atoms with Crippen molar-refractivity contribution in [2.45, 2.75) is 57.4 Å². The van der Waals surface area contributed by atoms with E-state index in [0.717, 1.165) is 76.3 Å². The standard InChI is InChI=1S/C23H31N7O/c1-17-25-27-30(26-17)23-14-18-11-19(15-23)13-22(12-18,16-23)21(31)29-8-4-7-28(9-10-29)20-5-2-3-6-24-20/h2-3,5-6,18-19H,4,7-16H2,1H3/t18-,19+,22?,23?. The molecule has 1 saturated heterocycles. The van der Waals surface area contributed by atoms with Gasteiger partial charge in [0.05, 0.1) is 11.0 Å². The van der Waals surface area contributed by atoms with Gasteiger partial charge in [0, 0.05) is 32.4 Å². The summed E-state index contributed by atoms with van der Waals surface area (Å²) in [5, 5.41) is 13.2. The molecule has 0 radical (unpaired) electrons. The van der Waals surface area contributed by atoms with Gasteiger partial charge in [-0.15, -0.1) is 10.2 Å². The largest absolute Gasteiger partial charge is 0.355 e. The predicted octanol–water partition coefficient (Wildman–Crippen LogP) is 2.41. The molecule has 4 aliphatic carbocycles. The van der Waals surface area contributed by atoms with Crippen LogP contribution in [-0.2, 0) is 10.3 Å². The van der Waals surface area contributed by atoms with Crippen LogP contribution in [0.25, 0.3) is 0 Å². The van der Waals surface area contributed by atoms with Gasteiger partial charge in [-0.3, -0.25) is 4.79 Å². The lowest BCUT2D eigenvalue weighted by molar-refractivity contribution is -0.167. The number of hydrogen-bond acceptors (Lipinski definition) is 6. The van der Waals surface area contributed by atoms with Crippen LogP contribution in [0.4, 0.5) is 5.82 Å². The highest BCUT2D eigenvalue weighted by atomic mass is 16.2. The first-order valence-corrected chi connectivity index (χ1v) is 11.8. The maximum absolute atomic E-state index is 14.1. The molecule has 8 nitrogen and oxygen atoms in total. The number of nitrogens with zero attached hydrogens (tertiary/aromatic N) is 7. The van der Waals surface area contributed by atoms with E-state index < -0.39 is 0 Å². The first-order valence-electron chi connectivity index (χ1n) is 11.8. The lowest BCUT2D eigenvalue weighted by Gasteiger charge is -2.60. The molecule has 2 aromatic heterocycles. The quantitative estimate of drug-likeness (QED) is 0.757. The van der Waals surface area contributed by atoms with E-state index in [2.05, 4.69) is 36.3 Å². The molecule has 2 unspecified atom stereocenters. The molecule has 3 heterocycles. The molecule has 31 heavy (non-hydrogen) atoms. The van der Waals surface area contributed by atoms with Crippen LogP contribution >= 0.6 is 0 Å². The zero-order valence-electron chi connectivity index (χ0n) is 18.3. The number of tetrazole rings is 1. The molecule has 0 spiro atoms. The number of aryl methyl sites for hydroxylation is 1. The molecular formula is C23H31N7O. The van der Waals surface area contributed by atoms with Crippen LogP contribution in [0.2, 0.25) is 0 Å². The molecule has 0 aromatic carbocycles. The summed E-state index contributed by atoms with van der Waals surface area (Å²) in [7, 11) is 0. The molecule has 7 rings (SSSR count). The fourth-order valence-electron chi connectivity index (χ4n) is 7.41. The fourth-order valence-corrected chi connectivity index (χ4v) is 7.41. The second-order valence-corrected chi connectivity index (χ2v) is 10.4. The van der Waals surface area contributed by atoms with Crippen molar-refractivity contribution in [3.8, 4) is 0 Å². The number of amides is 1. The average molecular weight is 422 g/mol. The third-order valence-electron chi connectivity index (χ3n) is 8.18. The minimum atomic E-state index is -0.244. The number of hydrogen-bond donors (Lipinski definition) is 0. The fraction of sp³-hybridized carbons (Fsp3) is 0.696. The topological polar surface area (TPSA) is 80.0 Å². The molecular weight excluding hydrogens is 390 g/mol. The SMILES string of the molecule is Cc1nnn(C23C[C@@H]4C[C@@H](CC(C(=O)N5CCCN(c6ccccn6)CC5)(C4)C2)C3)n1. The third-order valence-corrected chi connectivity index (χ3v) is 8.18. The Morgan fingerprint density at radius 2 is 1.90 bits per heavy atom. The van der Waals surface area contributed by atoms with Crippen LogP contribution in [0.1, 0.15) is 50.8 Å². The van der Waals surface area contributed by atoms with Crippen molar-refractivity contribution in [3.05, 3.63) is 30.2 Å². The number of carbonyl (C=O) groups excluding carboxylic acids is 1. The second-order valence-electron chi connectivity index (χ2n) is 10.4. The Morgan fingerprint density at radius 1 is 1.06 bits per heavy atom. The van der Waals surface area contributed by atoms with E-state index in [9.17, 15) is 4.79 Å². The molecule has 0 N–H and O–H groups in total. The van der Waals surface area contributed by atoms with Gasteiger partial charge in [-0.25, -0.2) is 4.98 Å². The van der Waals surface area contributed by atoms with Crippen molar-refractivity contribution >= 4 is 11.7 Å². The molecule has 5 aliphatic rings. The number of carbonyl (C=O) groups is 1. The number of pyridine rings is 1. The van der Waals surface area contributed by atoms with E-state index in [1.807, 2.05) is 30.0 Å². The van der Waals surface area contributed by atoms with Crippen LogP contribution in [-0.4, -0.2) is 62.2 Å². The van der Waals surface area contributed by atoms with Gasteiger partial charge in [-0.1, -0.05) is 6.07 Å². The Kier molecular flexibility index (Phi) is 4.34. The van der Waals surface area contributed by atoms with E-state index in [4.69, 9.17) is 0 Å². The molecule has 4 atom stereocenters. The van der Waals surface area contributed by atoms with E-state index in [-0.39, 0.29) is 11.0 Å². The summed E-state index contributed by atoms with van der Waals surface area (Å²) in [6.45, 7) is 5.31. The van der Waals surface area contributed by atoms with Crippen LogP contribution in [0.15, 0.2) is 24.4 Å². The van der Waals surface area contributed by atoms with Gasteiger partial charge in [0.1, 0.15) is 5.82 Å². The van der Waals surface area contributed by atoms with Crippen LogP contribution in [0.3, 0.4) is 0 Å². The molecule has 164 valence electrons. The summed E-state index contributed by atoms with van der Waals surface area (Å²) < 4.78 is 0.